The van der Waals surface area contributed by atoms with Gasteiger partial charge in [-0.1, -0.05) is 29.8 Å². The molecule has 2 aliphatic heterocycles. The summed E-state index contributed by atoms with van der Waals surface area (Å²) in [5.41, 5.74) is 1.79. The maximum Gasteiger partial charge on any atom is 0.410 e. The first-order valence-electron chi connectivity index (χ1n) is 14.1. The topological polar surface area (TPSA) is 96.2 Å². The number of aromatic nitrogens is 4. The zero-order valence-corrected chi connectivity index (χ0v) is 24.2. The molecule has 2 saturated heterocycles. The predicted molar refractivity (Wildman–Crippen MR) is 155 cm³/mol. The van der Waals surface area contributed by atoms with E-state index < -0.39 is 29.6 Å². The average molecular weight is 610 g/mol. The van der Waals surface area contributed by atoms with Gasteiger partial charge >= 0.3 is 6.09 Å². The van der Waals surface area contributed by atoms with Crippen molar-refractivity contribution >= 4 is 35.1 Å². The third-order valence-electron chi connectivity index (χ3n) is 8.34. The number of anilines is 1. The van der Waals surface area contributed by atoms with E-state index in [0.29, 0.717) is 42.4 Å². The lowest BCUT2D eigenvalue weighted by Gasteiger charge is -2.37. The monoisotopic (exact) mass is 609 g/mol. The van der Waals surface area contributed by atoms with Crippen molar-refractivity contribution in [3.05, 3.63) is 88.7 Å². The van der Waals surface area contributed by atoms with Crippen LogP contribution in [0.5, 0.6) is 0 Å². The van der Waals surface area contributed by atoms with Crippen molar-refractivity contribution in [2.45, 2.75) is 24.8 Å². The second-order valence-corrected chi connectivity index (χ2v) is 11.2. The van der Waals surface area contributed by atoms with Gasteiger partial charge in [-0.3, -0.25) is 9.69 Å². The summed E-state index contributed by atoms with van der Waals surface area (Å²) in [6.07, 6.45) is 2.24. The van der Waals surface area contributed by atoms with Crippen molar-refractivity contribution in [1.82, 2.24) is 29.6 Å². The summed E-state index contributed by atoms with van der Waals surface area (Å²) in [7, 11) is 1.34. The SMILES string of the molecule is COC(=O)N1CCN(C(=O)[C@@H]2CN(c3ccc4nncn4n3)C[C@H]2c2ccc(F)cc2F)CCC[C@H]1c1ccc(Cl)cc1. The number of fused-ring (bicyclic) bond motifs is 1. The number of benzene rings is 2. The fraction of sp³-hybridized carbons (Fsp3) is 0.367. The molecular weight excluding hydrogens is 580 g/mol. The lowest BCUT2D eigenvalue weighted by atomic mass is 9.87. The first-order chi connectivity index (χ1) is 20.8. The normalized spacial score (nSPS) is 21.1. The number of halogens is 3. The Labute approximate surface area is 251 Å². The first kappa shape index (κ1) is 28.8. The van der Waals surface area contributed by atoms with Gasteiger partial charge in [-0.05, 0) is 54.3 Å². The lowest BCUT2D eigenvalue weighted by Crippen LogP contribution is -2.47. The van der Waals surface area contributed by atoms with Crippen LogP contribution in [0.15, 0.2) is 60.9 Å². The second-order valence-electron chi connectivity index (χ2n) is 10.8. The van der Waals surface area contributed by atoms with Crippen LogP contribution in [0.25, 0.3) is 5.65 Å². The molecule has 10 nitrogen and oxygen atoms in total. The lowest BCUT2D eigenvalue weighted by molar-refractivity contribution is -0.136. The molecule has 0 saturated carbocycles. The molecule has 3 atom stereocenters. The Kier molecular flexibility index (Phi) is 8.11. The van der Waals surface area contributed by atoms with E-state index in [1.165, 1.54) is 30.1 Å². The zero-order valence-electron chi connectivity index (χ0n) is 23.4. The van der Waals surface area contributed by atoms with Gasteiger partial charge in [0.05, 0.1) is 19.1 Å². The van der Waals surface area contributed by atoms with E-state index in [1.807, 2.05) is 17.0 Å². The molecule has 13 heteroatoms. The highest BCUT2D eigenvalue weighted by molar-refractivity contribution is 6.30. The minimum atomic E-state index is -0.692. The highest BCUT2D eigenvalue weighted by atomic mass is 35.5. The van der Waals surface area contributed by atoms with Crippen LogP contribution in [-0.4, -0.2) is 81.4 Å². The molecule has 2 aliphatic rings. The summed E-state index contributed by atoms with van der Waals surface area (Å²) in [6, 6.07) is 14.2. The number of methoxy groups -OCH3 is 1. The van der Waals surface area contributed by atoms with E-state index in [2.05, 4.69) is 15.3 Å². The Hall–Kier alpha value is -4.32. The maximum atomic E-state index is 15.1. The van der Waals surface area contributed by atoms with Crippen LogP contribution in [-0.2, 0) is 9.53 Å². The summed E-state index contributed by atoms with van der Waals surface area (Å²) in [5.74, 6) is -2.11. The van der Waals surface area contributed by atoms with Gasteiger partial charge in [0, 0.05) is 49.7 Å². The molecule has 2 amide bonds. The Balaban J connectivity index is 1.27. The Morgan fingerprint density at radius 1 is 1.00 bits per heavy atom. The van der Waals surface area contributed by atoms with Crippen molar-refractivity contribution in [3.63, 3.8) is 0 Å². The van der Waals surface area contributed by atoms with E-state index in [9.17, 15) is 14.0 Å². The fourth-order valence-electron chi connectivity index (χ4n) is 6.20. The highest BCUT2D eigenvalue weighted by Gasteiger charge is 2.43. The molecular formula is C30H30ClF2N7O3. The van der Waals surface area contributed by atoms with E-state index >= 15 is 4.39 Å². The Bertz CT molecular complexity index is 1640. The van der Waals surface area contributed by atoms with Gasteiger partial charge in [-0.15, -0.1) is 15.3 Å². The van der Waals surface area contributed by atoms with Gasteiger partial charge in [-0.25, -0.2) is 13.6 Å². The molecule has 2 fully saturated rings. The molecule has 43 heavy (non-hydrogen) atoms. The fourth-order valence-corrected chi connectivity index (χ4v) is 6.32. The molecule has 4 aromatic rings. The maximum absolute atomic E-state index is 15.1. The van der Waals surface area contributed by atoms with Gasteiger partial charge < -0.3 is 14.5 Å². The van der Waals surface area contributed by atoms with Crippen LogP contribution in [0.3, 0.4) is 0 Å². The third kappa shape index (κ3) is 5.83. The zero-order chi connectivity index (χ0) is 30.1. The van der Waals surface area contributed by atoms with Crippen LogP contribution in [0.4, 0.5) is 19.4 Å². The molecule has 6 rings (SSSR count). The van der Waals surface area contributed by atoms with Crippen molar-refractivity contribution in [2.75, 3.05) is 44.7 Å². The number of carbonyl (C=O) groups excluding carboxylic acids is 2. The molecule has 0 radical (unpaired) electrons. The summed E-state index contributed by atoms with van der Waals surface area (Å²) in [6.45, 7) is 1.59. The van der Waals surface area contributed by atoms with Crippen molar-refractivity contribution < 1.29 is 23.1 Å². The summed E-state index contributed by atoms with van der Waals surface area (Å²) in [4.78, 5) is 32.4. The number of rotatable bonds is 4. The summed E-state index contributed by atoms with van der Waals surface area (Å²) >= 11 is 6.09. The van der Waals surface area contributed by atoms with Gasteiger partial charge in [0.25, 0.3) is 0 Å². The van der Waals surface area contributed by atoms with Crippen LogP contribution in [0.1, 0.15) is 35.9 Å². The quantitative estimate of drug-likeness (QED) is 0.331. The second kappa shape index (κ2) is 12.1. The number of nitrogens with zero attached hydrogens (tertiary/aromatic N) is 7. The minimum absolute atomic E-state index is 0.156. The largest absolute Gasteiger partial charge is 0.453 e. The molecule has 0 aliphatic carbocycles. The molecule has 224 valence electrons. The number of amides is 2. The average Bonchev–Trinajstić information content (AvgIpc) is 3.64. The standard InChI is InChI=1S/C30H30ClF2N7O3/c1-43-30(42)39-14-13-37(12-2-3-26(39)19-4-6-20(31)7-5-19)29(41)24-17-38(28-11-10-27-35-34-18-40(27)36-28)16-23(24)22-9-8-21(32)15-25(22)33/h4-11,15,18,23-24,26H,2-3,12-14,16-17H2,1H3/t23-,24+,26-/m0/s1. The molecule has 0 unspecified atom stereocenters. The predicted octanol–water partition coefficient (Wildman–Crippen LogP) is 4.71. The molecule has 0 spiro atoms. The molecule has 2 aromatic carbocycles. The van der Waals surface area contributed by atoms with E-state index in [4.69, 9.17) is 16.3 Å². The van der Waals surface area contributed by atoms with E-state index in [1.54, 1.807) is 34.1 Å². The smallest absolute Gasteiger partial charge is 0.410 e. The highest BCUT2D eigenvalue weighted by Crippen LogP contribution is 2.38. The number of ether oxygens (including phenoxy) is 1. The number of hydrogen-bond donors (Lipinski definition) is 0. The first-order valence-corrected chi connectivity index (χ1v) is 14.5. The van der Waals surface area contributed by atoms with Crippen molar-refractivity contribution in [1.29, 1.82) is 0 Å². The van der Waals surface area contributed by atoms with Crippen LogP contribution in [0.2, 0.25) is 5.02 Å². The van der Waals surface area contributed by atoms with Gasteiger partial charge in [0.15, 0.2) is 5.65 Å². The van der Waals surface area contributed by atoms with Crippen LogP contribution >= 0.6 is 11.6 Å². The molecule has 2 aromatic heterocycles. The Morgan fingerprint density at radius 2 is 1.81 bits per heavy atom. The summed E-state index contributed by atoms with van der Waals surface area (Å²) < 4.78 is 35.6. The number of hydrogen-bond acceptors (Lipinski definition) is 7. The van der Waals surface area contributed by atoms with E-state index in [-0.39, 0.29) is 37.1 Å². The van der Waals surface area contributed by atoms with Gasteiger partial charge in [-0.2, -0.15) is 4.52 Å². The van der Waals surface area contributed by atoms with Crippen molar-refractivity contribution in [2.24, 2.45) is 5.92 Å². The third-order valence-corrected chi connectivity index (χ3v) is 8.59. The molecule has 4 heterocycles. The van der Waals surface area contributed by atoms with Crippen molar-refractivity contribution in [3.8, 4) is 0 Å². The van der Waals surface area contributed by atoms with Gasteiger partial charge in [0.2, 0.25) is 5.91 Å². The van der Waals surface area contributed by atoms with E-state index in [0.717, 1.165) is 11.6 Å². The van der Waals surface area contributed by atoms with Crippen LogP contribution < -0.4 is 4.90 Å². The molecule has 0 bridgehead atoms. The molecule has 0 N–H and O–H groups in total. The Morgan fingerprint density at radius 3 is 2.58 bits per heavy atom. The summed E-state index contributed by atoms with van der Waals surface area (Å²) in [5, 5.41) is 13.0. The van der Waals surface area contributed by atoms with Gasteiger partial charge in [0.1, 0.15) is 23.8 Å². The minimum Gasteiger partial charge on any atom is -0.453 e. The number of carbonyl (C=O) groups is 2. The van der Waals surface area contributed by atoms with Crippen LogP contribution in [0, 0.1) is 17.6 Å².